The van der Waals surface area contributed by atoms with Crippen molar-refractivity contribution in [2.45, 2.75) is 18.7 Å². The number of anilines is 1. The number of amides is 1. The molecule has 1 heterocycles. The van der Waals surface area contributed by atoms with Crippen molar-refractivity contribution < 1.29 is 4.79 Å². The monoisotopic (exact) mass is 337 g/mol. The summed E-state index contributed by atoms with van der Waals surface area (Å²) in [5, 5.41) is 7.54. The molecule has 0 bridgehead atoms. The fourth-order valence-electron chi connectivity index (χ4n) is 2.49. The maximum Gasteiger partial charge on any atom is 0.234 e. The Kier molecular flexibility index (Phi) is 5.01. The molecule has 0 atom stereocenters. The number of carbonyl (C=O) groups is 1. The van der Waals surface area contributed by atoms with Crippen LogP contribution in [-0.4, -0.2) is 21.4 Å². The number of nitrogens with one attached hydrogen (secondary N) is 1. The lowest BCUT2D eigenvalue weighted by atomic mass is 10.3. The molecule has 1 N–H and O–H groups in total. The minimum atomic E-state index is -0.0253. The van der Waals surface area contributed by atoms with Crippen LogP contribution in [-0.2, 0) is 4.79 Å². The third kappa shape index (κ3) is 3.68. The second-order valence-corrected chi connectivity index (χ2v) is 6.49. The minimum Gasteiger partial charge on any atom is -0.322 e. The average Bonchev–Trinajstić information content (AvgIpc) is 2.90. The first-order valence-corrected chi connectivity index (χ1v) is 8.73. The molecule has 0 saturated heterocycles. The molecule has 0 fully saturated rings. The number of rotatable bonds is 5. The van der Waals surface area contributed by atoms with Crippen LogP contribution in [0.1, 0.15) is 11.4 Å². The third-order valence-corrected chi connectivity index (χ3v) is 4.68. The van der Waals surface area contributed by atoms with Crippen molar-refractivity contribution in [2.24, 2.45) is 0 Å². The summed E-state index contributed by atoms with van der Waals surface area (Å²) in [5.74, 6) is 0.349. The second kappa shape index (κ2) is 7.36. The number of hydrogen-bond acceptors (Lipinski definition) is 3. The van der Waals surface area contributed by atoms with Crippen molar-refractivity contribution in [1.82, 2.24) is 9.78 Å². The highest BCUT2D eigenvalue weighted by Gasteiger charge is 2.15. The van der Waals surface area contributed by atoms with Gasteiger partial charge in [-0.1, -0.05) is 36.4 Å². The summed E-state index contributed by atoms with van der Waals surface area (Å²) in [6.07, 6.45) is 0. The number of carbonyl (C=O) groups excluding carboxylic acids is 1. The Morgan fingerprint density at radius 2 is 1.67 bits per heavy atom. The molecule has 0 aliphatic carbocycles. The smallest absolute Gasteiger partial charge is 0.234 e. The zero-order valence-electron chi connectivity index (χ0n) is 13.7. The molecule has 0 unspecified atom stereocenters. The number of aryl methyl sites for hydroxylation is 1. The molecule has 0 radical (unpaired) electrons. The van der Waals surface area contributed by atoms with E-state index in [0.717, 1.165) is 27.7 Å². The van der Waals surface area contributed by atoms with Crippen LogP contribution in [0.5, 0.6) is 0 Å². The van der Waals surface area contributed by atoms with Crippen LogP contribution in [0.4, 0.5) is 5.69 Å². The van der Waals surface area contributed by atoms with Gasteiger partial charge in [0.05, 0.1) is 28.5 Å². The molecule has 0 aliphatic heterocycles. The number of hydrogen-bond donors (Lipinski definition) is 1. The molecule has 2 aromatic carbocycles. The first-order chi connectivity index (χ1) is 11.6. The molecule has 4 nitrogen and oxygen atoms in total. The summed E-state index contributed by atoms with van der Waals surface area (Å²) < 4.78 is 1.86. The molecule has 0 saturated carbocycles. The summed E-state index contributed by atoms with van der Waals surface area (Å²) in [5.41, 5.74) is 3.51. The maximum atomic E-state index is 12.3. The lowest BCUT2D eigenvalue weighted by Gasteiger charge is -2.07. The van der Waals surface area contributed by atoms with Gasteiger partial charge in [0, 0.05) is 4.90 Å². The highest BCUT2D eigenvalue weighted by Crippen LogP contribution is 2.23. The Morgan fingerprint density at radius 3 is 2.33 bits per heavy atom. The third-order valence-electron chi connectivity index (χ3n) is 3.67. The van der Waals surface area contributed by atoms with Crippen LogP contribution in [0.25, 0.3) is 5.69 Å². The maximum absolute atomic E-state index is 12.3. The minimum absolute atomic E-state index is 0.0253. The zero-order valence-corrected chi connectivity index (χ0v) is 14.5. The van der Waals surface area contributed by atoms with E-state index >= 15 is 0 Å². The lowest BCUT2D eigenvalue weighted by Crippen LogP contribution is -2.15. The lowest BCUT2D eigenvalue weighted by molar-refractivity contribution is -0.113. The molecule has 122 valence electrons. The van der Waals surface area contributed by atoms with E-state index in [1.807, 2.05) is 79.2 Å². The second-order valence-electron chi connectivity index (χ2n) is 5.44. The predicted molar refractivity (Wildman–Crippen MR) is 98.8 cm³/mol. The molecule has 24 heavy (non-hydrogen) atoms. The van der Waals surface area contributed by atoms with Crippen molar-refractivity contribution in [3.8, 4) is 5.69 Å². The fourth-order valence-corrected chi connectivity index (χ4v) is 3.20. The number of benzene rings is 2. The highest BCUT2D eigenvalue weighted by molar-refractivity contribution is 8.00. The Balaban J connectivity index is 1.71. The molecule has 0 spiro atoms. The molecular formula is C19H19N3OS. The van der Waals surface area contributed by atoms with Crippen molar-refractivity contribution >= 4 is 23.4 Å². The average molecular weight is 337 g/mol. The van der Waals surface area contributed by atoms with E-state index in [-0.39, 0.29) is 5.91 Å². The van der Waals surface area contributed by atoms with Crippen molar-refractivity contribution in [2.75, 3.05) is 11.1 Å². The quantitative estimate of drug-likeness (QED) is 0.709. The van der Waals surface area contributed by atoms with E-state index < -0.39 is 0 Å². The predicted octanol–water partition coefficient (Wildman–Crippen LogP) is 4.22. The van der Waals surface area contributed by atoms with Crippen LogP contribution in [0.15, 0.2) is 65.6 Å². The van der Waals surface area contributed by atoms with Gasteiger partial charge in [-0.25, -0.2) is 4.68 Å². The largest absolute Gasteiger partial charge is 0.322 e. The van der Waals surface area contributed by atoms with Crippen LogP contribution < -0.4 is 5.32 Å². The van der Waals surface area contributed by atoms with Crippen molar-refractivity contribution in [3.63, 3.8) is 0 Å². The first kappa shape index (κ1) is 16.3. The summed E-state index contributed by atoms with van der Waals surface area (Å²) in [6.45, 7) is 3.87. The Labute approximate surface area is 145 Å². The molecule has 1 amide bonds. The van der Waals surface area contributed by atoms with Gasteiger partial charge in [-0.05, 0) is 38.1 Å². The van der Waals surface area contributed by atoms with Crippen molar-refractivity contribution in [3.05, 3.63) is 72.1 Å². The van der Waals surface area contributed by atoms with E-state index in [4.69, 9.17) is 0 Å². The first-order valence-electron chi connectivity index (χ1n) is 7.74. The molecule has 3 rings (SSSR count). The molecular weight excluding hydrogens is 318 g/mol. The summed E-state index contributed by atoms with van der Waals surface area (Å²) in [4.78, 5) is 13.4. The van der Waals surface area contributed by atoms with E-state index in [0.29, 0.717) is 5.75 Å². The number of nitrogens with zero attached hydrogens (tertiary/aromatic N) is 2. The summed E-state index contributed by atoms with van der Waals surface area (Å²) >= 11 is 1.52. The summed E-state index contributed by atoms with van der Waals surface area (Å²) in [6, 6.07) is 19.8. The van der Waals surface area contributed by atoms with E-state index in [1.54, 1.807) is 0 Å². The number of thioether (sulfide) groups is 1. The summed E-state index contributed by atoms with van der Waals surface area (Å²) in [7, 11) is 0. The van der Waals surface area contributed by atoms with Crippen molar-refractivity contribution in [1.29, 1.82) is 0 Å². The Bertz CT molecular complexity index is 829. The van der Waals surface area contributed by atoms with Gasteiger partial charge < -0.3 is 5.32 Å². The number of para-hydroxylation sites is 1. The van der Waals surface area contributed by atoms with Gasteiger partial charge in [0.2, 0.25) is 5.91 Å². The van der Waals surface area contributed by atoms with Gasteiger partial charge in [0.1, 0.15) is 0 Å². The van der Waals surface area contributed by atoms with Crippen LogP contribution in [0.3, 0.4) is 0 Å². The molecule has 0 aliphatic rings. The highest BCUT2D eigenvalue weighted by atomic mass is 32.2. The Morgan fingerprint density at radius 1 is 1.04 bits per heavy atom. The van der Waals surface area contributed by atoms with Crippen LogP contribution in [0, 0.1) is 13.8 Å². The van der Waals surface area contributed by atoms with E-state index in [1.165, 1.54) is 11.8 Å². The van der Waals surface area contributed by atoms with Gasteiger partial charge in [0.15, 0.2) is 0 Å². The zero-order chi connectivity index (χ0) is 16.9. The SMILES string of the molecule is Cc1nn(-c2ccccc2)c(C)c1NC(=O)CSc1ccccc1. The van der Waals surface area contributed by atoms with Gasteiger partial charge in [0.25, 0.3) is 0 Å². The van der Waals surface area contributed by atoms with Crippen LogP contribution in [0.2, 0.25) is 0 Å². The normalized spacial score (nSPS) is 10.6. The standard InChI is InChI=1S/C19H19N3OS/c1-14-19(15(2)22(21-14)16-9-5-3-6-10-16)20-18(23)13-24-17-11-7-4-8-12-17/h3-12H,13H2,1-2H3,(H,20,23). The number of aromatic nitrogens is 2. The molecule has 1 aromatic heterocycles. The van der Waals surface area contributed by atoms with E-state index in [9.17, 15) is 4.79 Å². The van der Waals surface area contributed by atoms with Crippen LogP contribution >= 0.6 is 11.8 Å². The Hall–Kier alpha value is -2.53. The fraction of sp³-hybridized carbons (Fsp3) is 0.158. The molecule has 5 heteroatoms. The van der Waals surface area contributed by atoms with Gasteiger partial charge in [-0.3, -0.25) is 4.79 Å². The molecule has 3 aromatic rings. The topological polar surface area (TPSA) is 46.9 Å². The van der Waals surface area contributed by atoms with E-state index in [2.05, 4.69) is 10.4 Å². The van der Waals surface area contributed by atoms with Gasteiger partial charge >= 0.3 is 0 Å². The van der Waals surface area contributed by atoms with Gasteiger partial charge in [-0.2, -0.15) is 5.10 Å². The van der Waals surface area contributed by atoms with Gasteiger partial charge in [-0.15, -0.1) is 11.8 Å².